The molecule has 3 N–H and O–H groups in total. The molecule has 1 atom stereocenters. The maximum absolute atomic E-state index is 11.2. The van der Waals surface area contributed by atoms with Gasteiger partial charge in [0.15, 0.2) is 0 Å². The molecule has 92 valence electrons. The Bertz CT molecular complexity index is 420. The van der Waals surface area contributed by atoms with Gasteiger partial charge in [-0.25, -0.2) is 0 Å². The molecular formula is C12H15NO3S. The molecule has 0 aliphatic rings. The third-order valence-electron chi connectivity index (χ3n) is 2.46. The lowest BCUT2D eigenvalue weighted by Gasteiger charge is -2.12. The molecule has 0 unspecified atom stereocenters. The summed E-state index contributed by atoms with van der Waals surface area (Å²) in [6, 6.07) is 6.81. The second kappa shape index (κ2) is 6.42. The summed E-state index contributed by atoms with van der Waals surface area (Å²) in [6.07, 6.45) is 0.915. The van der Waals surface area contributed by atoms with Crippen LogP contribution in [0.2, 0.25) is 0 Å². The van der Waals surface area contributed by atoms with Gasteiger partial charge < -0.3 is 10.8 Å². The molecule has 1 aromatic rings. The Hall–Kier alpha value is -1.33. The van der Waals surface area contributed by atoms with Gasteiger partial charge in [-0.1, -0.05) is 24.3 Å². The Labute approximate surface area is 105 Å². The zero-order valence-corrected chi connectivity index (χ0v) is 10.2. The van der Waals surface area contributed by atoms with E-state index < -0.39 is 5.97 Å². The van der Waals surface area contributed by atoms with E-state index in [1.54, 1.807) is 12.1 Å². The van der Waals surface area contributed by atoms with Crippen LogP contribution in [0.1, 0.15) is 28.8 Å². The number of nitrogens with two attached hydrogens (primary N) is 1. The van der Waals surface area contributed by atoms with Crippen molar-refractivity contribution in [2.24, 2.45) is 5.73 Å². The zero-order valence-electron chi connectivity index (χ0n) is 9.30. The fraction of sp³-hybridized carbons (Fsp3) is 0.333. The normalized spacial score (nSPS) is 12.1. The minimum Gasteiger partial charge on any atom is -0.481 e. The molecule has 0 spiro atoms. The van der Waals surface area contributed by atoms with Gasteiger partial charge in [-0.2, -0.15) is 0 Å². The molecule has 0 heterocycles. The van der Waals surface area contributed by atoms with Crippen LogP contribution in [0.3, 0.4) is 0 Å². The molecule has 17 heavy (non-hydrogen) atoms. The van der Waals surface area contributed by atoms with E-state index in [4.69, 9.17) is 10.8 Å². The third-order valence-corrected chi connectivity index (χ3v) is 2.70. The Kier molecular flexibility index (Phi) is 5.18. The highest BCUT2D eigenvalue weighted by Crippen LogP contribution is 2.14. The van der Waals surface area contributed by atoms with Gasteiger partial charge >= 0.3 is 5.97 Å². The molecule has 1 aromatic carbocycles. The summed E-state index contributed by atoms with van der Waals surface area (Å²) in [6.45, 7) is 0. The van der Waals surface area contributed by atoms with Crippen LogP contribution in [0.5, 0.6) is 0 Å². The molecule has 0 fully saturated rings. The number of hydrogen-bond donors (Lipinski definition) is 3. The maximum Gasteiger partial charge on any atom is 0.303 e. The molecule has 0 amide bonds. The minimum atomic E-state index is -0.862. The minimum absolute atomic E-state index is 0.0398. The number of carboxylic acid groups (broad SMARTS) is 1. The van der Waals surface area contributed by atoms with Crippen molar-refractivity contribution in [2.45, 2.75) is 25.3 Å². The average Bonchev–Trinajstić information content (AvgIpc) is 2.27. The SMILES string of the molecule is N[C@@H](CCC(=O)O)Cc1ccccc1C(=O)S. The number of carboxylic acids is 1. The standard InChI is InChI=1S/C12H15NO3S/c13-9(5-6-11(14)15)7-8-3-1-2-4-10(8)12(16)17/h1-4,9H,5-7,13H2,(H,14,15)(H,16,17)/t9-/m0/s1. The predicted molar refractivity (Wildman–Crippen MR) is 68.3 cm³/mol. The van der Waals surface area contributed by atoms with Crippen molar-refractivity contribution < 1.29 is 14.7 Å². The summed E-state index contributed by atoms with van der Waals surface area (Å²) in [5.41, 5.74) is 7.16. The Morgan fingerprint density at radius 3 is 2.59 bits per heavy atom. The van der Waals surface area contributed by atoms with Gasteiger partial charge in [0.25, 0.3) is 0 Å². The van der Waals surface area contributed by atoms with Crippen LogP contribution >= 0.6 is 12.6 Å². The van der Waals surface area contributed by atoms with Crippen molar-refractivity contribution in [3.8, 4) is 0 Å². The summed E-state index contributed by atoms with van der Waals surface area (Å²) in [5.74, 6) is -0.862. The number of benzene rings is 1. The van der Waals surface area contributed by atoms with Crippen molar-refractivity contribution in [3.05, 3.63) is 35.4 Å². The summed E-state index contributed by atoms with van der Waals surface area (Å²) in [4.78, 5) is 21.7. The van der Waals surface area contributed by atoms with Gasteiger partial charge in [0.05, 0.1) is 0 Å². The fourth-order valence-electron chi connectivity index (χ4n) is 1.60. The molecule has 0 aromatic heterocycles. The third kappa shape index (κ3) is 4.58. The van der Waals surface area contributed by atoms with E-state index in [9.17, 15) is 9.59 Å². The molecule has 4 nitrogen and oxygen atoms in total. The molecule has 0 radical (unpaired) electrons. The van der Waals surface area contributed by atoms with E-state index in [0.29, 0.717) is 18.4 Å². The molecule has 1 rings (SSSR count). The van der Waals surface area contributed by atoms with Crippen molar-refractivity contribution in [2.75, 3.05) is 0 Å². The van der Waals surface area contributed by atoms with Crippen molar-refractivity contribution >= 4 is 23.7 Å². The Morgan fingerprint density at radius 1 is 1.35 bits per heavy atom. The number of carbonyl (C=O) groups excluding carboxylic acids is 1. The van der Waals surface area contributed by atoms with E-state index in [1.165, 1.54) is 0 Å². The topological polar surface area (TPSA) is 80.4 Å². The number of carbonyl (C=O) groups is 2. The van der Waals surface area contributed by atoms with Crippen LogP contribution < -0.4 is 5.73 Å². The van der Waals surface area contributed by atoms with Gasteiger partial charge in [-0.3, -0.25) is 9.59 Å². The van der Waals surface area contributed by atoms with Crippen molar-refractivity contribution in [3.63, 3.8) is 0 Å². The van der Waals surface area contributed by atoms with Crippen LogP contribution in [-0.4, -0.2) is 22.2 Å². The smallest absolute Gasteiger partial charge is 0.303 e. The highest BCUT2D eigenvalue weighted by molar-refractivity contribution is 7.97. The first-order valence-corrected chi connectivity index (χ1v) is 5.74. The van der Waals surface area contributed by atoms with Crippen LogP contribution in [0.4, 0.5) is 0 Å². The Morgan fingerprint density at radius 2 is 2.00 bits per heavy atom. The molecule has 0 aliphatic carbocycles. The van der Waals surface area contributed by atoms with Gasteiger partial charge in [0.2, 0.25) is 5.12 Å². The number of rotatable bonds is 6. The lowest BCUT2D eigenvalue weighted by Crippen LogP contribution is -2.24. The van der Waals surface area contributed by atoms with Crippen molar-refractivity contribution in [1.82, 2.24) is 0 Å². The van der Waals surface area contributed by atoms with Gasteiger partial charge in [0.1, 0.15) is 0 Å². The summed E-state index contributed by atoms with van der Waals surface area (Å²) in [5, 5.41) is 8.25. The second-order valence-electron chi connectivity index (χ2n) is 3.86. The maximum atomic E-state index is 11.2. The molecule has 0 bridgehead atoms. The molecule has 0 saturated heterocycles. The van der Waals surface area contributed by atoms with Gasteiger partial charge in [0, 0.05) is 18.0 Å². The highest BCUT2D eigenvalue weighted by Gasteiger charge is 2.12. The van der Waals surface area contributed by atoms with Crippen LogP contribution in [0.25, 0.3) is 0 Å². The number of hydrogen-bond acceptors (Lipinski definition) is 3. The van der Waals surface area contributed by atoms with Crippen LogP contribution in [-0.2, 0) is 11.2 Å². The first-order chi connectivity index (χ1) is 8.00. The lowest BCUT2D eigenvalue weighted by molar-refractivity contribution is -0.137. The average molecular weight is 253 g/mol. The molecular weight excluding hydrogens is 238 g/mol. The van der Waals surface area contributed by atoms with E-state index >= 15 is 0 Å². The monoisotopic (exact) mass is 253 g/mol. The predicted octanol–water partition coefficient (Wildman–Crippen LogP) is 1.49. The van der Waals surface area contributed by atoms with Gasteiger partial charge in [-0.05, 0) is 18.4 Å². The molecule has 0 aliphatic heterocycles. The fourth-order valence-corrected chi connectivity index (χ4v) is 1.82. The largest absolute Gasteiger partial charge is 0.481 e. The summed E-state index contributed by atoms with van der Waals surface area (Å²) < 4.78 is 0. The first-order valence-electron chi connectivity index (χ1n) is 5.29. The zero-order chi connectivity index (χ0) is 12.8. The Balaban J connectivity index is 2.67. The number of aliphatic carboxylic acids is 1. The van der Waals surface area contributed by atoms with Gasteiger partial charge in [-0.15, -0.1) is 12.6 Å². The van der Waals surface area contributed by atoms with E-state index in [0.717, 1.165) is 5.56 Å². The second-order valence-corrected chi connectivity index (χ2v) is 4.27. The summed E-state index contributed by atoms with van der Waals surface area (Å²) in [7, 11) is 0. The van der Waals surface area contributed by atoms with Crippen molar-refractivity contribution in [1.29, 1.82) is 0 Å². The first kappa shape index (κ1) is 13.7. The molecule has 5 heteroatoms. The number of thiol groups is 1. The molecule has 0 saturated carbocycles. The van der Waals surface area contributed by atoms with Crippen LogP contribution in [0.15, 0.2) is 24.3 Å². The van der Waals surface area contributed by atoms with E-state index in [2.05, 4.69) is 12.6 Å². The summed E-state index contributed by atoms with van der Waals surface area (Å²) >= 11 is 3.79. The van der Waals surface area contributed by atoms with E-state index in [1.807, 2.05) is 12.1 Å². The highest BCUT2D eigenvalue weighted by atomic mass is 32.1. The lowest BCUT2D eigenvalue weighted by atomic mass is 9.98. The van der Waals surface area contributed by atoms with E-state index in [-0.39, 0.29) is 17.6 Å². The van der Waals surface area contributed by atoms with Crippen LogP contribution in [0, 0.1) is 0 Å². The quantitative estimate of drug-likeness (QED) is 0.671.